The molecular weight excluding hydrogens is 362 g/mol. The molecule has 2 aromatic carbocycles. The SMILES string of the molecule is N#Cc1cc(COC=C2CCN(C(=O)Cc3ccc(F)cc3)CC2)ccc1F. The predicted octanol–water partition coefficient (Wildman–Crippen LogP) is 4.10. The molecule has 0 spiro atoms. The number of carbonyl (C=O) groups is 1. The number of benzene rings is 2. The quantitative estimate of drug-likeness (QED) is 0.732. The number of halogens is 2. The molecule has 1 heterocycles. The van der Waals surface area contributed by atoms with E-state index in [1.807, 2.05) is 6.07 Å². The summed E-state index contributed by atoms with van der Waals surface area (Å²) in [6.45, 7) is 1.49. The van der Waals surface area contributed by atoms with Crippen molar-refractivity contribution in [2.45, 2.75) is 25.9 Å². The van der Waals surface area contributed by atoms with Gasteiger partial charge in [-0.2, -0.15) is 5.26 Å². The molecule has 0 atom stereocenters. The maximum Gasteiger partial charge on any atom is 0.227 e. The summed E-state index contributed by atoms with van der Waals surface area (Å²) in [5, 5.41) is 8.86. The smallest absolute Gasteiger partial charge is 0.227 e. The molecule has 144 valence electrons. The number of carbonyl (C=O) groups excluding carboxylic acids is 1. The third-order valence-electron chi connectivity index (χ3n) is 4.68. The van der Waals surface area contributed by atoms with Crippen LogP contribution >= 0.6 is 0 Å². The molecule has 28 heavy (non-hydrogen) atoms. The Balaban J connectivity index is 1.46. The number of hydrogen-bond acceptors (Lipinski definition) is 3. The molecule has 1 amide bonds. The van der Waals surface area contributed by atoms with E-state index in [-0.39, 0.29) is 30.3 Å². The standard InChI is InChI=1S/C22H20F2N2O2/c23-20-4-1-16(2-5-20)12-22(27)26-9-7-17(8-10-26)14-28-15-18-3-6-21(24)19(11-18)13-25/h1-6,11,14H,7-10,12,15H2. The van der Waals surface area contributed by atoms with E-state index in [1.165, 1.54) is 24.3 Å². The highest BCUT2D eigenvalue weighted by Crippen LogP contribution is 2.18. The Morgan fingerprint density at radius 1 is 1.11 bits per heavy atom. The molecule has 0 aromatic heterocycles. The Labute approximate surface area is 162 Å². The minimum atomic E-state index is -0.540. The van der Waals surface area contributed by atoms with Crippen LogP contribution in [0.1, 0.15) is 29.5 Å². The zero-order chi connectivity index (χ0) is 19.9. The fourth-order valence-corrected chi connectivity index (χ4v) is 3.05. The monoisotopic (exact) mass is 382 g/mol. The summed E-state index contributed by atoms with van der Waals surface area (Å²) in [5.74, 6) is -0.822. The molecule has 1 saturated heterocycles. The zero-order valence-corrected chi connectivity index (χ0v) is 15.3. The van der Waals surface area contributed by atoms with Gasteiger partial charge in [-0.1, -0.05) is 18.2 Å². The first-order chi connectivity index (χ1) is 13.5. The van der Waals surface area contributed by atoms with Gasteiger partial charge in [0.25, 0.3) is 0 Å². The van der Waals surface area contributed by atoms with E-state index in [0.29, 0.717) is 13.1 Å². The summed E-state index contributed by atoms with van der Waals surface area (Å²) in [7, 11) is 0. The van der Waals surface area contributed by atoms with Gasteiger partial charge in [-0.05, 0) is 53.8 Å². The molecule has 2 aromatic rings. The molecule has 0 saturated carbocycles. The Morgan fingerprint density at radius 2 is 1.79 bits per heavy atom. The summed E-state index contributed by atoms with van der Waals surface area (Å²) in [4.78, 5) is 14.2. The van der Waals surface area contributed by atoms with Gasteiger partial charge in [-0.15, -0.1) is 0 Å². The van der Waals surface area contributed by atoms with Crippen LogP contribution in [0, 0.1) is 23.0 Å². The molecule has 6 heteroatoms. The van der Waals surface area contributed by atoms with Gasteiger partial charge in [0, 0.05) is 13.1 Å². The van der Waals surface area contributed by atoms with Crippen LogP contribution in [0.2, 0.25) is 0 Å². The van der Waals surface area contributed by atoms with Crippen molar-refractivity contribution in [3.8, 4) is 6.07 Å². The van der Waals surface area contributed by atoms with E-state index in [9.17, 15) is 13.6 Å². The van der Waals surface area contributed by atoms with Crippen LogP contribution in [0.25, 0.3) is 0 Å². The number of nitrogens with zero attached hydrogens (tertiary/aromatic N) is 2. The van der Waals surface area contributed by atoms with Crippen molar-refractivity contribution in [1.82, 2.24) is 4.90 Å². The second-order valence-corrected chi connectivity index (χ2v) is 6.70. The average molecular weight is 382 g/mol. The van der Waals surface area contributed by atoms with Crippen LogP contribution < -0.4 is 0 Å². The average Bonchev–Trinajstić information content (AvgIpc) is 2.71. The Bertz CT molecular complexity index is 907. The molecular formula is C22H20F2N2O2. The van der Waals surface area contributed by atoms with Crippen molar-refractivity contribution in [1.29, 1.82) is 5.26 Å². The Hall–Kier alpha value is -3.20. The fourth-order valence-electron chi connectivity index (χ4n) is 3.05. The van der Waals surface area contributed by atoms with Crippen molar-refractivity contribution in [3.63, 3.8) is 0 Å². The highest BCUT2D eigenvalue weighted by Gasteiger charge is 2.19. The molecule has 1 aliphatic heterocycles. The van der Waals surface area contributed by atoms with Crippen molar-refractivity contribution >= 4 is 5.91 Å². The second-order valence-electron chi connectivity index (χ2n) is 6.70. The maximum atomic E-state index is 13.3. The predicted molar refractivity (Wildman–Crippen MR) is 99.9 cm³/mol. The molecule has 0 N–H and O–H groups in total. The van der Waals surface area contributed by atoms with Crippen molar-refractivity contribution in [3.05, 3.63) is 82.6 Å². The number of ether oxygens (including phenoxy) is 1. The summed E-state index contributed by atoms with van der Waals surface area (Å²) in [5.41, 5.74) is 2.63. The van der Waals surface area contributed by atoms with Crippen LogP contribution in [0.4, 0.5) is 8.78 Å². The van der Waals surface area contributed by atoms with E-state index in [0.717, 1.165) is 29.5 Å². The Morgan fingerprint density at radius 3 is 2.46 bits per heavy atom. The highest BCUT2D eigenvalue weighted by molar-refractivity contribution is 5.79. The van der Waals surface area contributed by atoms with E-state index in [4.69, 9.17) is 10.00 Å². The summed E-state index contributed by atoms with van der Waals surface area (Å²) in [6.07, 6.45) is 3.41. The van der Waals surface area contributed by atoms with Crippen molar-refractivity contribution < 1.29 is 18.3 Å². The van der Waals surface area contributed by atoms with Gasteiger partial charge in [0.1, 0.15) is 24.3 Å². The van der Waals surface area contributed by atoms with Gasteiger partial charge >= 0.3 is 0 Å². The minimum Gasteiger partial charge on any atom is -0.497 e. The van der Waals surface area contributed by atoms with E-state index < -0.39 is 5.82 Å². The first-order valence-electron chi connectivity index (χ1n) is 9.05. The van der Waals surface area contributed by atoms with Gasteiger partial charge in [0.05, 0.1) is 18.2 Å². The van der Waals surface area contributed by atoms with Crippen molar-refractivity contribution in [2.24, 2.45) is 0 Å². The third-order valence-corrected chi connectivity index (χ3v) is 4.68. The molecule has 0 radical (unpaired) electrons. The van der Waals surface area contributed by atoms with Gasteiger partial charge in [0.15, 0.2) is 0 Å². The van der Waals surface area contributed by atoms with E-state index >= 15 is 0 Å². The molecule has 1 fully saturated rings. The van der Waals surface area contributed by atoms with Crippen LogP contribution in [-0.2, 0) is 22.6 Å². The van der Waals surface area contributed by atoms with Crippen molar-refractivity contribution in [2.75, 3.05) is 13.1 Å². The van der Waals surface area contributed by atoms with Gasteiger partial charge < -0.3 is 9.64 Å². The summed E-state index contributed by atoms with van der Waals surface area (Å²) < 4.78 is 31.8. The molecule has 0 bridgehead atoms. The third kappa shape index (κ3) is 5.17. The number of piperidine rings is 1. The van der Waals surface area contributed by atoms with Gasteiger partial charge in [-0.25, -0.2) is 8.78 Å². The lowest BCUT2D eigenvalue weighted by atomic mass is 10.0. The number of amides is 1. The normalized spacial score (nSPS) is 13.8. The minimum absolute atomic E-state index is 0.00160. The first-order valence-corrected chi connectivity index (χ1v) is 9.05. The zero-order valence-electron chi connectivity index (χ0n) is 15.3. The molecule has 4 nitrogen and oxygen atoms in total. The van der Waals surface area contributed by atoms with E-state index in [2.05, 4.69) is 0 Å². The number of rotatable bonds is 5. The van der Waals surface area contributed by atoms with Crippen LogP contribution in [0.15, 0.2) is 54.3 Å². The van der Waals surface area contributed by atoms with E-state index in [1.54, 1.807) is 29.4 Å². The number of hydrogen-bond donors (Lipinski definition) is 0. The lowest BCUT2D eigenvalue weighted by Gasteiger charge is -2.28. The van der Waals surface area contributed by atoms with Crippen LogP contribution in [0.5, 0.6) is 0 Å². The molecule has 0 aliphatic carbocycles. The Kier molecular flexibility index (Phi) is 6.38. The van der Waals surface area contributed by atoms with Crippen LogP contribution in [-0.4, -0.2) is 23.9 Å². The summed E-state index contributed by atoms with van der Waals surface area (Å²) in [6, 6.07) is 12.1. The topological polar surface area (TPSA) is 53.3 Å². The number of likely N-dealkylation sites (tertiary alicyclic amines) is 1. The number of nitriles is 1. The lowest BCUT2D eigenvalue weighted by molar-refractivity contribution is -0.130. The molecule has 1 aliphatic rings. The molecule has 3 rings (SSSR count). The second kappa shape index (κ2) is 9.14. The highest BCUT2D eigenvalue weighted by atomic mass is 19.1. The fraction of sp³-hybridized carbons (Fsp3) is 0.273. The van der Waals surface area contributed by atoms with Gasteiger partial charge in [-0.3, -0.25) is 4.79 Å². The lowest BCUT2D eigenvalue weighted by Crippen LogP contribution is -2.37. The van der Waals surface area contributed by atoms with Crippen LogP contribution in [0.3, 0.4) is 0 Å². The maximum absolute atomic E-state index is 13.3. The first kappa shape index (κ1) is 19.6. The van der Waals surface area contributed by atoms with Gasteiger partial charge in [0.2, 0.25) is 5.91 Å². The summed E-state index contributed by atoms with van der Waals surface area (Å²) >= 11 is 0. The largest absolute Gasteiger partial charge is 0.497 e. The molecule has 0 unspecified atom stereocenters.